The standard InChI is InChI=1S/C8H18N2O3/c1-8(2,13-7(10)12)4-3-6(11)5-9/h6,11H,3-5,9H2,1-2H3,(H2,10,12). The molecule has 0 heterocycles. The zero-order chi connectivity index (χ0) is 10.5. The van der Waals surface area contributed by atoms with Gasteiger partial charge in [-0.2, -0.15) is 0 Å². The van der Waals surface area contributed by atoms with E-state index in [1.165, 1.54) is 0 Å². The van der Waals surface area contributed by atoms with Crippen LogP contribution in [0.2, 0.25) is 0 Å². The van der Waals surface area contributed by atoms with Crippen molar-refractivity contribution in [1.82, 2.24) is 0 Å². The van der Waals surface area contributed by atoms with Crippen LogP contribution >= 0.6 is 0 Å². The van der Waals surface area contributed by atoms with E-state index in [4.69, 9.17) is 21.3 Å². The topological polar surface area (TPSA) is 98.6 Å². The summed E-state index contributed by atoms with van der Waals surface area (Å²) in [5.41, 5.74) is 9.45. The zero-order valence-electron chi connectivity index (χ0n) is 8.12. The Morgan fingerprint density at radius 1 is 1.62 bits per heavy atom. The third kappa shape index (κ3) is 6.36. The molecule has 0 rings (SSSR count). The molecule has 0 aliphatic heterocycles. The first-order chi connectivity index (χ1) is 5.87. The first-order valence-electron chi connectivity index (χ1n) is 4.24. The molecule has 0 aliphatic rings. The summed E-state index contributed by atoms with van der Waals surface area (Å²) in [4.78, 5) is 10.4. The van der Waals surface area contributed by atoms with Crippen molar-refractivity contribution in [3.05, 3.63) is 0 Å². The molecule has 1 unspecified atom stereocenters. The van der Waals surface area contributed by atoms with E-state index in [-0.39, 0.29) is 6.54 Å². The molecule has 0 aromatic heterocycles. The Hall–Kier alpha value is -0.810. The predicted octanol–water partition coefficient (Wildman–Crippen LogP) is -0.0399. The van der Waals surface area contributed by atoms with Gasteiger partial charge in [0, 0.05) is 6.54 Å². The molecule has 0 saturated heterocycles. The number of hydrogen-bond donors (Lipinski definition) is 3. The molecule has 78 valence electrons. The van der Waals surface area contributed by atoms with Gasteiger partial charge in [0.2, 0.25) is 0 Å². The molecule has 1 atom stereocenters. The number of ether oxygens (including phenoxy) is 1. The summed E-state index contributed by atoms with van der Waals surface area (Å²) in [6.07, 6.45) is -0.312. The summed E-state index contributed by atoms with van der Waals surface area (Å²) < 4.78 is 4.82. The van der Waals surface area contributed by atoms with Crippen LogP contribution in [0.4, 0.5) is 4.79 Å². The zero-order valence-corrected chi connectivity index (χ0v) is 8.12. The molecule has 0 fully saturated rings. The number of rotatable bonds is 5. The average molecular weight is 190 g/mol. The maximum Gasteiger partial charge on any atom is 0.405 e. The molecular formula is C8H18N2O3. The predicted molar refractivity (Wildman–Crippen MR) is 49.0 cm³/mol. The Labute approximate surface area is 78.0 Å². The molecule has 5 nitrogen and oxygen atoms in total. The van der Waals surface area contributed by atoms with E-state index in [2.05, 4.69) is 0 Å². The summed E-state index contributed by atoms with van der Waals surface area (Å²) in [7, 11) is 0. The van der Waals surface area contributed by atoms with Crippen LogP contribution in [0.25, 0.3) is 0 Å². The van der Waals surface area contributed by atoms with Crippen molar-refractivity contribution in [2.45, 2.75) is 38.4 Å². The fraction of sp³-hybridized carbons (Fsp3) is 0.875. The molecule has 13 heavy (non-hydrogen) atoms. The highest BCUT2D eigenvalue weighted by Crippen LogP contribution is 2.17. The number of nitrogens with two attached hydrogens (primary N) is 2. The molecule has 0 saturated carbocycles. The number of amides is 1. The number of primary amides is 1. The molecule has 0 radical (unpaired) electrons. The molecule has 0 aliphatic carbocycles. The summed E-state index contributed by atoms with van der Waals surface area (Å²) in [6, 6.07) is 0. The number of carbonyl (C=O) groups excluding carboxylic acids is 1. The molecule has 0 aromatic rings. The van der Waals surface area contributed by atoms with E-state index in [1.807, 2.05) is 0 Å². The number of hydrogen-bond acceptors (Lipinski definition) is 4. The van der Waals surface area contributed by atoms with Crippen molar-refractivity contribution >= 4 is 6.09 Å². The number of aliphatic hydroxyl groups excluding tert-OH is 1. The molecule has 0 aromatic carbocycles. The van der Waals surface area contributed by atoms with Crippen LogP contribution in [0.3, 0.4) is 0 Å². The van der Waals surface area contributed by atoms with Crippen molar-refractivity contribution in [2.24, 2.45) is 11.5 Å². The minimum Gasteiger partial charge on any atom is -0.444 e. The quantitative estimate of drug-likeness (QED) is 0.566. The second-order valence-corrected chi connectivity index (χ2v) is 3.61. The smallest absolute Gasteiger partial charge is 0.405 e. The second kappa shape index (κ2) is 5.04. The van der Waals surface area contributed by atoms with Crippen LogP contribution in [-0.4, -0.2) is 29.4 Å². The van der Waals surface area contributed by atoms with Crippen LogP contribution in [-0.2, 0) is 4.74 Å². The highest BCUT2D eigenvalue weighted by molar-refractivity contribution is 5.65. The van der Waals surface area contributed by atoms with Gasteiger partial charge in [-0.3, -0.25) is 0 Å². The largest absolute Gasteiger partial charge is 0.444 e. The van der Waals surface area contributed by atoms with Crippen LogP contribution in [0.15, 0.2) is 0 Å². The normalized spacial score (nSPS) is 13.8. The number of carbonyl (C=O) groups is 1. The lowest BCUT2D eigenvalue weighted by atomic mass is 10.00. The Kier molecular flexibility index (Phi) is 4.72. The maximum absolute atomic E-state index is 10.4. The Morgan fingerprint density at radius 2 is 2.15 bits per heavy atom. The van der Waals surface area contributed by atoms with Crippen molar-refractivity contribution in [1.29, 1.82) is 0 Å². The lowest BCUT2D eigenvalue weighted by Crippen LogP contribution is -2.33. The van der Waals surface area contributed by atoms with Gasteiger partial charge < -0.3 is 21.3 Å². The molecule has 1 amide bonds. The fourth-order valence-corrected chi connectivity index (χ4v) is 0.955. The minimum absolute atomic E-state index is 0.215. The lowest BCUT2D eigenvalue weighted by Gasteiger charge is -2.24. The van der Waals surface area contributed by atoms with E-state index >= 15 is 0 Å². The third-order valence-electron chi connectivity index (χ3n) is 1.73. The highest BCUT2D eigenvalue weighted by atomic mass is 16.6. The van der Waals surface area contributed by atoms with E-state index in [0.717, 1.165) is 0 Å². The van der Waals surface area contributed by atoms with Gasteiger partial charge in [0.15, 0.2) is 0 Å². The second-order valence-electron chi connectivity index (χ2n) is 3.61. The molecular weight excluding hydrogens is 172 g/mol. The van der Waals surface area contributed by atoms with E-state index in [9.17, 15) is 4.79 Å². The summed E-state index contributed by atoms with van der Waals surface area (Å²) >= 11 is 0. The van der Waals surface area contributed by atoms with Gasteiger partial charge in [0.1, 0.15) is 5.60 Å². The molecule has 0 spiro atoms. The molecule has 0 bridgehead atoms. The monoisotopic (exact) mass is 190 g/mol. The van der Waals surface area contributed by atoms with Crippen LogP contribution in [0.1, 0.15) is 26.7 Å². The van der Waals surface area contributed by atoms with Crippen molar-refractivity contribution in [3.8, 4) is 0 Å². The minimum atomic E-state index is -0.799. The summed E-state index contributed by atoms with van der Waals surface area (Å²) in [5.74, 6) is 0. The van der Waals surface area contributed by atoms with Gasteiger partial charge in [0.05, 0.1) is 6.10 Å². The Bertz CT molecular complexity index is 171. The van der Waals surface area contributed by atoms with Gasteiger partial charge in [-0.15, -0.1) is 0 Å². The third-order valence-corrected chi connectivity index (χ3v) is 1.73. The lowest BCUT2D eigenvalue weighted by molar-refractivity contribution is 0.0267. The van der Waals surface area contributed by atoms with E-state index in [0.29, 0.717) is 12.8 Å². The molecule has 5 N–H and O–H groups in total. The van der Waals surface area contributed by atoms with Gasteiger partial charge in [-0.1, -0.05) is 0 Å². The van der Waals surface area contributed by atoms with Gasteiger partial charge in [-0.25, -0.2) is 4.79 Å². The summed E-state index contributed by atoms with van der Waals surface area (Å²) in [6.45, 7) is 3.69. The highest BCUT2D eigenvalue weighted by Gasteiger charge is 2.22. The van der Waals surface area contributed by atoms with Crippen molar-refractivity contribution in [2.75, 3.05) is 6.54 Å². The molecule has 5 heteroatoms. The average Bonchev–Trinajstić information content (AvgIpc) is 1.98. The number of aliphatic hydroxyl groups is 1. The van der Waals surface area contributed by atoms with Crippen LogP contribution in [0, 0.1) is 0 Å². The van der Waals surface area contributed by atoms with Crippen LogP contribution < -0.4 is 11.5 Å². The van der Waals surface area contributed by atoms with Crippen LogP contribution in [0.5, 0.6) is 0 Å². The maximum atomic E-state index is 10.4. The van der Waals surface area contributed by atoms with Gasteiger partial charge in [-0.05, 0) is 26.7 Å². The summed E-state index contributed by atoms with van der Waals surface area (Å²) in [5, 5.41) is 9.16. The van der Waals surface area contributed by atoms with Gasteiger partial charge in [0.25, 0.3) is 0 Å². The van der Waals surface area contributed by atoms with Gasteiger partial charge >= 0.3 is 6.09 Å². The fourth-order valence-electron chi connectivity index (χ4n) is 0.955. The first-order valence-corrected chi connectivity index (χ1v) is 4.24. The SMILES string of the molecule is CC(C)(CCC(O)CN)OC(N)=O. The van der Waals surface area contributed by atoms with E-state index in [1.54, 1.807) is 13.8 Å². The van der Waals surface area contributed by atoms with Crippen molar-refractivity contribution < 1.29 is 14.6 Å². The first kappa shape index (κ1) is 12.2. The Balaban J connectivity index is 3.81. The Morgan fingerprint density at radius 3 is 2.54 bits per heavy atom. The van der Waals surface area contributed by atoms with E-state index < -0.39 is 17.8 Å². The van der Waals surface area contributed by atoms with Crippen molar-refractivity contribution in [3.63, 3.8) is 0 Å².